The molecule has 0 atom stereocenters. The third-order valence-electron chi connectivity index (χ3n) is 6.97. The van der Waals surface area contributed by atoms with E-state index in [9.17, 15) is 0 Å². The van der Waals surface area contributed by atoms with Gasteiger partial charge in [-0.05, 0) is 91.8 Å². The maximum atomic E-state index is 2.37. The molecule has 180 valence electrons. The van der Waals surface area contributed by atoms with Crippen LogP contribution in [0.2, 0.25) is 0 Å². The van der Waals surface area contributed by atoms with Crippen molar-refractivity contribution in [1.82, 2.24) is 0 Å². The van der Waals surface area contributed by atoms with Gasteiger partial charge in [-0.2, -0.15) is 0 Å². The number of hydrogen-bond donors (Lipinski definition) is 0. The van der Waals surface area contributed by atoms with Gasteiger partial charge < -0.3 is 9.80 Å². The van der Waals surface area contributed by atoms with Gasteiger partial charge in [0.05, 0.1) is 0 Å². The Morgan fingerprint density at radius 2 is 0.629 bits per heavy atom. The van der Waals surface area contributed by atoms with Crippen LogP contribution in [-0.2, 0) is 6.42 Å². The predicted molar refractivity (Wildman–Crippen MR) is 154 cm³/mol. The quantitative estimate of drug-likeness (QED) is 0.234. The average Bonchev–Trinajstić information content (AvgIpc) is 2.92. The topological polar surface area (TPSA) is 6.48 Å². The lowest BCUT2D eigenvalue weighted by Gasteiger charge is -2.21. The van der Waals surface area contributed by atoms with Crippen molar-refractivity contribution in [3.05, 3.63) is 108 Å². The smallest absolute Gasteiger partial charge is 0.0366 e. The summed E-state index contributed by atoms with van der Waals surface area (Å²) in [7, 11) is 0. The Bertz CT molecular complexity index is 1070. The van der Waals surface area contributed by atoms with Crippen molar-refractivity contribution in [3.8, 4) is 22.3 Å². The van der Waals surface area contributed by atoms with E-state index >= 15 is 0 Å². The minimum Gasteiger partial charge on any atom is -0.372 e. The Balaban J connectivity index is 1.40. The van der Waals surface area contributed by atoms with Gasteiger partial charge in [0.2, 0.25) is 0 Å². The second kappa shape index (κ2) is 11.8. The third kappa shape index (κ3) is 5.95. The van der Waals surface area contributed by atoms with Gasteiger partial charge in [0.25, 0.3) is 0 Å². The van der Waals surface area contributed by atoms with Crippen LogP contribution >= 0.6 is 0 Å². The zero-order valence-corrected chi connectivity index (χ0v) is 21.7. The Morgan fingerprint density at radius 3 is 0.886 bits per heavy atom. The SMILES string of the molecule is CCN(CC)c1ccc(-c2ccc(Cc3ccc(-c4ccc(N(CC)CC)cc4)cc3)cc2)cc1. The molecule has 0 fully saturated rings. The molecular weight excluding hydrogens is 424 g/mol. The van der Waals surface area contributed by atoms with Crippen molar-refractivity contribution in [3.63, 3.8) is 0 Å². The highest BCUT2D eigenvalue weighted by molar-refractivity contribution is 5.68. The first-order valence-electron chi connectivity index (χ1n) is 13.0. The van der Waals surface area contributed by atoms with E-state index in [4.69, 9.17) is 0 Å². The van der Waals surface area contributed by atoms with E-state index in [1.807, 2.05) is 0 Å². The maximum Gasteiger partial charge on any atom is 0.0366 e. The standard InChI is InChI=1S/C33H38N2/c1-5-34(6-2)32-21-17-30(18-22-32)28-13-9-26(10-14-28)25-27-11-15-29(16-12-27)31-19-23-33(24-20-31)35(7-3)8-4/h9-24H,5-8,25H2,1-4H3. The van der Waals surface area contributed by atoms with Crippen LogP contribution in [0.25, 0.3) is 22.3 Å². The van der Waals surface area contributed by atoms with Crippen molar-refractivity contribution >= 4 is 11.4 Å². The highest BCUT2D eigenvalue weighted by Gasteiger charge is 2.05. The van der Waals surface area contributed by atoms with Gasteiger partial charge in [-0.1, -0.05) is 72.8 Å². The van der Waals surface area contributed by atoms with Gasteiger partial charge in [-0.25, -0.2) is 0 Å². The highest BCUT2D eigenvalue weighted by Crippen LogP contribution is 2.26. The van der Waals surface area contributed by atoms with E-state index in [2.05, 4.69) is 135 Å². The van der Waals surface area contributed by atoms with E-state index in [0.29, 0.717) is 0 Å². The number of benzene rings is 4. The van der Waals surface area contributed by atoms with Gasteiger partial charge >= 0.3 is 0 Å². The van der Waals surface area contributed by atoms with E-state index in [0.717, 1.165) is 32.6 Å². The van der Waals surface area contributed by atoms with Crippen LogP contribution in [0, 0.1) is 0 Å². The predicted octanol–water partition coefficient (Wildman–Crippen LogP) is 8.30. The fourth-order valence-corrected chi connectivity index (χ4v) is 4.77. The molecule has 0 bridgehead atoms. The molecule has 0 aromatic heterocycles. The molecule has 4 rings (SSSR count). The van der Waals surface area contributed by atoms with Gasteiger partial charge in [0.15, 0.2) is 0 Å². The monoisotopic (exact) mass is 462 g/mol. The van der Waals surface area contributed by atoms with Crippen LogP contribution in [0.3, 0.4) is 0 Å². The van der Waals surface area contributed by atoms with Crippen molar-refractivity contribution in [2.45, 2.75) is 34.1 Å². The normalized spacial score (nSPS) is 10.9. The van der Waals surface area contributed by atoms with Crippen LogP contribution in [0.5, 0.6) is 0 Å². The number of hydrogen-bond acceptors (Lipinski definition) is 2. The molecule has 4 aromatic rings. The highest BCUT2D eigenvalue weighted by atomic mass is 15.1. The molecule has 0 amide bonds. The van der Waals surface area contributed by atoms with Gasteiger partial charge in [-0.3, -0.25) is 0 Å². The van der Waals surface area contributed by atoms with Crippen LogP contribution in [0.15, 0.2) is 97.1 Å². The molecule has 0 aliphatic rings. The molecule has 0 aliphatic carbocycles. The van der Waals surface area contributed by atoms with E-state index < -0.39 is 0 Å². The van der Waals surface area contributed by atoms with Crippen LogP contribution in [0.4, 0.5) is 11.4 Å². The van der Waals surface area contributed by atoms with E-state index in [1.54, 1.807) is 0 Å². The molecule has 0 spiro atoms. The number of anilines is 2. The molecule has 0 heterocycles. The summed E-state index contributed by atoms with van der Waals surface area (Å²) in [5, 5.41) is 0. The molecule has 2 nitrogen and oxygen atoms in total. The van der Waals surface area contributed by atoms with E-state index in [-0.39, 0.29) is 0 Å². The summed E-state index contributed by atoms with van der Waals surface area (Å²) in [4.78, 5) is 4.75. The van der Waals surface area contributed by atoms with Crippen molar-refractivity contribution in [1.29, 1.82) is 0 Å². The van der Waals surface area contributed by atoms with Crippen LogP contribution < -0.4 is 9.80 Å². The first-order chi connectivity index (χ1) is 17.1. The summed E-state index contributed by atoms with van der Waals surface area (Å²) in [6, 6.07) is 35.9. The van der Waals surface area contributed by atoms with Crippen molar-refractivity contribution < 1.29 is 0 Å². The summed E-state index contributed by atoms with van der Waals surface area (Å²) < 4.78 is 0. The summed E-state index contributed by atoms with van der Waals surface area (Å²) in [5.74, 6) is 0. The molecule has 0 radical (unpaired) electrons. The molecule has 4 aromatic carbocycles. The number of rotatable bonds is 10. The minimum atomic E-state index is 0.947. The molecule has 2 heteroatoms. The van der Waals surface area contributed by atoms with Gasteiger partial charge in [-0.15, -0.1) is 0 Å². The molecule has 0 saturated carbocycles. The van der Waals surface area contributed by atoms with Crippen molar-refractivity contribution in [2.24, 2.45) is 0 Å². The van der Waals surface area contributed by atoms with Gasteiger partial charge in [0.1, 0.15) is 0 Å². The van der Waals surface area contributed by atoms with Gasteiger partial charge in [0, 0.05) is 37.6 Å². The lowest BCUT2D eigenvalue weighted by atomic mass is 9.98. The summed E-state index contributed by atoms with van der Waals surface area (Å²) in [6.45, 7) is 13.0. The molecular formula is C33H38N2. The Labute approximate surface area is 211 Å². The second-order valence-corrected chi connectivity index (χ2v) is 9.01. The fourth-order valence-electron chi connectivity index (χ4n) is 4.77. The first-order valence-corrected chi connectivity index (χ1v) is 13.0. The number of nitrogens with zero attached hydrogens (tertiary/aromatic N) is 2. The zero-order chi connectivity index (χ0) is 24.6. The van der Waals surface area contributed by atoms with E-state index in [1.165, 1.54) is 44.8 Å². The molecule has 0 saturated heterocycles. The lowest BCUT2D eigenvalue weighted by Crippen LogP contribution is -2.21. The fraction of sp³-hybridized carbons (Fsp3) is 0.273. The second-order valence-electron chi connectivity index (χ2n) is 9.01. The molecule has 0 aliphatic heterocycles. The molecule has 0 unspecified atom stereocenters. The minimum absolute atomic E-state index is 0.947. The maximum absolute atomic E-state index is 2.37. The Kier molecular flexibility index (Phi) is 8.26. The summed E-state index contributed by atoms with van der Waals surface area (Å²) in [6.07, 6.45) is 0.947. The Hall–Kier alpha value is -3.52. The zero-order valence-electron chi connectivity index (χ0n) is 21.7. The first kappa shape index (κ1) is 24.6. The largest absolute Gasteiger partial charge is 0.372 e. The third-order valence-corrected chi connectivity index (χ3v) is 6.97. The summed E-state index contributed by atoms with van der Waals surface area (Å²) in [5.41, 5.74) is 10.3. The van der Waals surface area contributed by atoms with Crippen LogP contribution in [0.1, 0.15) is 38.8 Å². The van der Waals surface area contributed by atoms with Crippen LogP contribution in [-0.4, -0.2) is 26.2 Å². The lowest BCUT2D eigenvalue weighted by molar-refractivity contribution is 0.866. The summed E-state index contributed by atoms with van der Waals surface area (Å²) >= 11 is 0. The Morgan fingerprint density at radius 1 is 0.371 bits per heavy atom. The average molecular weight is 463 g/mol. The van der Waals surface area contributed by atoms with Crippen molar-refractivity contribution in [2.75, 3.05) is 36.0 Å². The molecule has 0 N–H and O–H groups in total. The molecule has 35 heavy (non-hydrogen) atoms.